The number of aromatic nitrogens is 1. The van der Waals surface area contributed by atoms with Gasteiger partial charge in [-0.3, -0.25) is 9.78 Å². The molecule has 0 atom stereocenters. The number of aryl methyl sites for hydroxylation is 2. The monoisotopic (exact) mass is 402 g/mol. The summed E-state index contributed by atoms with van der Waals surface area (Å²) in [6.45, 7) is 5.36. The molecule has 0 saturated heterocycles. The summed E-state index contributed by atoms with van der Waals surface area (Å²) < 4.78 is 11.5. The lowest BCUT2D eigenvalue weighted by Crippen LogP contribution is -2.26. The lowest BCUT2D eigenvalue weighted by atomic mass is 10.1. The Labute approximate surface area is 177 Å². The van der Waals surface area contributed by atoms with E-state index in [0.29, 0.717) is 19.8 Å². The lowest BCUT2D eigenvalue weighted by Gasteiger charge is -2.11. The molecule has 0 aliphatic heterocycles. The van der Waals surface area contributed by atoms with Crippen LogP contribution in [0.1, 0.15) is 22.3 Å². The third kappa shape index (κ3) is 6.48. The SMILES string of the molecule is Cc1cccc(C)c1OCCNC(=O)/C=C/c1ccc(OCc2cccnc2)cc1. The van der Waals surface area contributed by atoms with E-state index in [0.717, 1.165) is 33.8 Å². The van der Waals surface area contributed by atoms with Crippen LogP contribution in [0, 0.1) is 13.8 Å². The predicted octanol–water partition coefficient (Wildman–Crippen LogP) is 4.49. The van der Waals surface area contributed by atoms with Gasteiger partial charge in [-0.05, 0) is 54.8 Å². The van der Waals surface area contributed by atoms with Crippen LogP contribution in [0.4, 0.5) is 0 Å². The van der Waals surface area contributed by atoms with Gasteiger partial charge in [0.25, 0.3) is 0 Å². The standard InChI is InChI=1S/C25H26N2O3/c1-19-5-3-6-20(2)25(19)29-16-15-27-24(28)13-10-21-8-11-23(12-9-21)30-18-22-7-4-14-26-17-22/h3-14,17H,15-16,18H2,1-2H3,(H,27,28)/b13-10+. The molecule has 1 N–H and O–H groups in total. The van der Waals surface area contributed by atoms with Gasteiger partial charge in [0.05, 0.1) is 6.54 Å². The predicted molar refractivity (Wildman–Crippen MR) is 118 cm³/mol. The average Bonchev–Trinajstić information content (AvgIpc) is 2.77. The molecule has 1 aromatic heterocycles. The number of para-hydroxylation sites is 1. The minimum absolute atomic E-state index is 0.156. The molecule has 5 nitrogen and oxygen atoms in total. The van der Waals surface area contributed by atoms with Crippen molar-refractivity contribution >= 4 is 12.0 Å². The molecule has 154 valence electrons. The first-order chi connectivity index (χ1) is 14.6. The van der Waals surface area contributed by atoms with Crippen LogP contribution in [-0.4, -0.2) is 24.0 Å². The summed E-state index contributed by atoms with van der Waals surface area (Å²) in [7, 11) is 0. The van der Waals surface area contributed by atoms with Gasteiger partial charge in [0.15, 0.2) is 0 Å². The van der Waals surface area contributed by atoms with Crippen LogP contribution >= 0.6 is 0 Å². The minimum atomic E-state index is -0.156. The molecule has 5 heteroatoms. The molecule has 3 aromatic rings. The molecule has 0 unspecified atom stereocenters. The molecular formula is C25H26N2O3. The highest BCUT2D eigenvalue weighted by Gasteiger charge is 2.03. The second-order valence-corrected chi connectivity index (χ2v) is 6.91. The van der Waals surface area contributed by atoms with E-state index in [-0.39, 0.29) is 5.91 Å². The van der Waals surface area contributed by atoms with Gasteiger partial charge >= 0.3 is 0 Å². The molecule has 2 aromatic carbocycles. The van der Waals surface area contributed by atoms with E-state index in [1.165, 1.54) is 6.08 Å². The molecule has 0 bridgehead atoms. The third-order valence-corrected chi connectivity index (χ3v) is 4.49. The summed E-state index contributed by atoms with van der Waals surface area (Å²) in [4.78, 5) is 16.1. The van der Waals surface area contributed by atoms with Crippen molar-refractivity contribution in [1.82, 2.24) is 10.3 Å². The number of carbonyl (C=O) groups excluding carboxylic acids is 1. The Bertz CT molecular complexity index is 963. The molecule has 1 amide bonds. The zero-order chi connectivity index (χ0) is 21.2. The van der Waals surface area contributed by atoms with E-state index < -0.39 is 0 Å². The summed E-state index contributed by atoms with van der Waals surface area (Å²) in [5.41, 5.74) is 4.12. The van der Waals surface area contributed by atoms with Gasteiger partial charge in [0.2, 0.25) is 5.91 Å². The third-order valence-electron chi connectivity index (χ3n) is 4.49. The summed E-state index contributed by atoms with van der Waals surface area (Å²) in [5, 5.41) is 2.83. The number of pyridine rings is 1. The van der Waals surface area contributed by atoms with Crippen LogP contribution in [0.2, 0.25) is 0 Å². The van der Waals surface area contributed by atoms with Crippen molar-refractivity contribution in [2.24, 2.45) is 0 Å². The Kier molecular flexibility index (Phi) is 7.61. The number of nitrogens with zero attached hydrogens (tertiary/aromatic N) is 1. The molecule has 30 heavy (non-hydrogen) atoms. The van der Waals surface area contributed by atoms with Crippen LogP contribution in [0.5, 0.6) is 11.5 Å². The molecule has 0 aliphatic rings. The highest BCUT2D eigenvalue weighted by atomic mass is 16.5. The van der Waals surface area contributed by atoms with Gasteiger partial charge in [0, 0.05) is 24.0 Å². The molecule has 1 heterocycles. The quantitative estimate of drug-likeness (QED) is 0.423. The average molecular weight is 402 g/mol. The Hall–Kier alpha value is -3.60. The number of carbonyl (C=O) groups is 1. The molecule has 0 aliphatic carbocycles. The van der Waals surface area contributed by atoms with Crippen LogP contribution in [0.3, 0.4) is 0 Å². The van der Waals surface area contributed by atoms with Crippen molar-refractivity contribution in [1.29, 1.82) is 0 Å². The normalized spacial score (nSPS) is 10.7. The fourth-order valence-corrected chi connectivity index (χ4v) is 2.91. The van der Waals surface area contributed by atoms with Crippen molar-refractivity contribution in [3.8, 4) is 11.5 Å². The van der Waals surface area contributed by atoms with E-state index in [1.807, 2.05) is 68.4 Å². The Balaban J connectivity index is 1.40. The van der Waals surface area contributed by atoms with Gasteiger partial charge < -0.3 is 14.8 Å². The number of benzene rings is 2. The lowest BCUT2D eigenvalue weighted by molar-refractivity contribution is -0.116. The maximum atomic E-state index is 12.0. The van der Waals surface area contributed by atoms with Gasteiger partial charge in [0.1, 0.15) is 24.7 Å². The van der Waals surface area contributed by atoms with Gasteiger partial charge in [-0.15, -0.1) is 0 Å². The smallest absolute Gasteiger partial charge is 0.244 e. The van der Waals surface area contributed by atoms with E-state index >= 15 is 0 Å². The molecule has 0 radical (unpaired) electrons. The van der Waals surface area contributed by atoms with E-state index in [1.54, 1.807) is 18.5 Å². The summed E-state index contributed by atoms with van der Waals surface area (Å²) in [6, 6.07) is 17.5. The molecular weight excluding hydrogens is 376 g/mol. The number of hydrogen-bond acceptors (Lipinski definition) is 4. The van der Waals surface area contributed by atoms with Crippen molar-refractivity contribution < 1.29 is 14.3 Å². The second-order valence-electron chi connectivity index (χ2n) is 6.91. The summed E-state index contributed by atoms with van der Waals surface area (Å²) in [6.07, 6.45) is 6.80. The second kappa shape index (κ2) is 10.8. The van der Waals surface area contributed by atoms with Crippen molar-refractivity contribution in [3.63, 3.8) is 0 Å². The number of nitrogens with one attached hydrogen (secondary N) is 1. The number of ether oxygens (including phenoxy) is 2. The first kappa shape index (κ1) is 21.1. The maximum Gasteiger partial charge on any atom is 0.244 e. The summed E-state index contributed by atoms with van der Waals surface area (Å²) >= 11 is 0. The number of amides is 1. The number of hydrogen-bond donors (Lipinski definition) is 1. The Morgan fingerprint density at radius 2 is 1.77 bits per heavy atom. The molecule has 0 fully saturated rings. The van der Waals surface area contributed by atoms with E-state index in [9.17, 15) is 4.79 Å². The van der Waals surface area contributed by atoms with E-state index in [2.05, 4.69) is 10.3 Å². The summed E-state index contributed by atoms with van der Waals surface area (Å²) in [5.74, 6) is 1.49. The van der Waals surface area contributed by atoms with Gasteiger partial charge in [-0.25, -0.2) is 0 Å². The first-order valence-electron chi connectivity index (χ1n) is 9.88. The van der Waals surface area contributed by atoms with Crippen LogP contribution in [0.25, 0.3) is 6.08 Å². The fourth-order valence-electron chi connectivity index (χ4n) is 2.91. The molecule has 0 spiro atoms. The largest absolute Gasteiger partial charge is 0.491 e. The highest BCUT2D eigenvalue weighted by Crippen LogP contribution is 2.21. The Morgan fingerprint density at radius 3 is 2.47 bits per heavy atom. The van der Waals surface area contributed by atoms with Crippen LogP contribution in [-0.2, 0) is 11.4 Å². The Morgan fingerprint density at radius 1 is 1.00 bits per heavy atom. The molecule has 0 saturated carbocycles. The van der Waals surface area contributed by atoms with Gasteiger partial charge in [-0.1, -0.05) is 36.4 Å². The number of rotatable bonds is 9. The topological polar surface area (TPSA) is 60.5 Å². The molecule has 3 rings (SSSR count). The van der Waals surface area contributed by atoms with Crippen molar-refractivity contribution in [3.05, 3.63) is 95.3 Å². The fraction of sp³-hybridized carbons (Fsp3) is 0.200. The zero-order valence-corrected chi connectivity index (χ0v) is 17.3. The van der Waals surface area contributed by atoms with Crippen LogP contribution < -0.4 is 14.8 Å². The zero-order valence-electron chi connectivity index (χ0n) is 17.3. The van der Waals surface area contributed by atoms with Crippen molar-refractivity contribution in [2.75, 3.05) is 13.2 Å². The van der Waals surface area contributed by atoms with Gasteiger partial charge in [-0.2, -0.15) is 0 Å². The highest BCUT2D eigenvalue weighted by molar-refractivity contribution is 5.91. The first-order valence-corrected chi connectivity index (χ1v) is 9.88. The van der Waals surface area contributed by atoms with E-state index in [4.69, 9.17) is 9.47 Å². The minimum Gasteiger partial charge on any atom is -0.491 e. The van der Waals surface area contributed by atoms with Crippen molar-refractivity contribution in [2.45, 2.75) is 20.5 Å². The maximum absolute atomic E-state index is 12.0. The van der Waals surface area contributed by atoms with Crippen LogP contribution in [0.15, 0.2) is 73.1 Å².